The molecule has 1 heterocycles. The van der Waals surface area contributed by atoms with Crippen molar-refractivity contribution in [2.24, 2.45) is 5.92 Å². The summed E-state index contributed by atoms with van der Waals surface area (Å²) in [5.41, 5.74) is 4.91. The summed E-state index contributed by atoms with van der Waals surface area (Å²) in [5, 5.41) is 10.8. The summed E-state index contributed by atoms with van der Waals surface area (Å²) in [4.78, 5) is 2.56. The third-order valence-electron chi connectivity index (χ3n) is 5.60. The van der Waals surface area contributed by atoms with Gasteiger partial charge in [-0.15, -0.1) is 0 Å². The normalized spacial score (nSPS) is 27.6. The highest BCUT2D eigenvalue weighted by Crippen LogP contribution is 2.37. The molecule has 2 heteroatoms. The van der Waals surface area contributed by atoms with E-state index in [9.17, 15) is 5.11 Å². The van der Waals surface area contributed by atoms with E-state index in [-0.39, 0.29) is 6.10 Å². The Morgan fingerprint density at radius 3 is 2.48 bits per heavy atom. The number of rotatable bonds is 3. The summed E-state index contributed by atoms with van der Waals surface area (Å²) in [7, 11) is 0. The number of aliphatic hydroxyl groups is 1. The van der Waals surface area contributed by atoms with Gasteiger partial charge in [-0.05, 0) is 69.2 Å². The molecule has 0 spiro atoms. The van der Waals surface area contributed by atoms with E-state index in [1.807, 2.05) is 0 Å². The monoisotopic (exact) mass is 287 g/mol. The maximum absolute atomic E-state index is 10.8. The first-order chi connectivity index (χ1) is 10.1. The number of hydrogen-bond donors (Lipinski definition) is 1. The second-order valence-corrected chi connectivity index (χ2v) is 7.22. The second kappa shape index (κ2) is 6.10. The SMILES string of the molecule is Cc1cc(C)c(C(O)CN2CCC3CCCCC32)c(C)c1. The third kappa shape index (κ3) is 3.02. The lowest BCUT2D eigenvalue weighted by atomic mass is 9.85. The van der Waals surface area contributed by atoms with Crippen molar-refractivity contribution < 1.29 is 5.11 Å². The van der Waals surface area contributed by atoms with Crippen molar-refractivity contribution in [2.45, 2.75) is 65.0 Å². The Labute approximate surface area is 129 Å². The lowest BCUT2D eigenvalue weighted by Crippen LogP contribution is -2.37. The molecule has 3 rings (SSSR count). The van der Waals surface area contributed by atoms with Crippen LogP contribution in [0.15, 0.2) is 12.1 Å². The van der Waals surface area contributed by atoms with Gasteiger partial charge in [-0.2, -0.15) is 0 Å². The second-order valence-electron chi connectivity index (χ2n) is 7.22. The van der Waals surface area contributed by atoms with Crippen molar-refractivity contribution in [1.82, 2.24) is 4.90 Å². The van der Waals surface area contributed by atoms with E-state index in [1.54, 1.807) is 0 Å². The average Bonchev–Trinajstić information content (AvgIpc) is 2.81. The number of fused-ring (bicyclic) bond motifs is 1. The summed E-state index contributed by atoms with van der Waals surface area (Å²) in [6, 6.07) is 5.12. The highest BCUT2D eigenvalue weighted by Gasteiger charge is 2.36. The van der Waals surface area contributed by atoms with Crippen LogP contribution < -0.4 is 0 Å². The van der Waals surface area contributed by atoms with Gasteiger partial charge in [0, 0.05) is 12.6 Å². The molecule has 2 nitrogen and oxygen atoms in total. The van der Waals surface area contributed by atoms with E-state index < -0.39 is 0 Å². The number of benzene rings is 1. The topological polar surface area (TPSA) is 23.5 Å². The van der Waals surface area contributed by atoms with Gasteiger partial charge in [0.05, 0.1) is 6.10 Å². The fourth-order valence-electron chi connectivity index (χ4n) is 4.76. The van der Waals surface area contributed by atoms with E-state index >= 15 is 0 Å². The first-order valence-corrected chi connectivity index (χ1v) is 8.56. The summed E-state index contributed by atoms with van der Waals surface area (Å²) in [5.74, 6) is 0.895. The van der Waals surface area contributed by atoms with Crippen LogP contribution in [0.2, 0.25) is 0 Å². The molecule has 116 valence electrons. The molecule has 21 heavy (non-hydrogen) atoms. The van der Waals surface area contributed by atoms with Crippen LogP contribution in [0, 0.1) is 26.7 Å². The van der Waals surface area contributed by atoms with E-state index in [0.29, 0.717) is 0 Å². The van der Waals surface area contributed by atoms with Gasteiger partial charge in [0.25, 0.3) is 0 Å². The maximum atomic E-state index is 10.8. The van der Waals surface area contributed by atoms with E-state index in [1.165, 1.54) is 55.3 Å². The zero-order valence-corrected chi connectivity index (χ0v) is 13.7. The quantitative estimate of drug-likeness (QED) is 0.911. The maximum Gasteiger partial charge on any atom is 0.0922 e. The Balaban J connectivity index is 1.73. The van der Waals surface area contributed by atoms with E-state index in [4.69, 9.17) is 0 Å². The van der Waals surface area contributed by atoms with Gasteiger partial charge < -0.3 is 5.11 Å². The summed E-state index contributed by atoms with van der Waals surface area (Å²) in [6.45, 7) is 8.38. The number of aryl methyl sites for hydroxylation is 3. The predicted molar refractivity (Wildman–Crippen MR) is 87.5 cm³/mol. The smallest absolute Gasteiger partial charge is 0.0922 e. The van der Waals surface area contributed by atoms with Gasteiger partial charge in [-0.25, -0.2) is 0 Å². The summed E-state index contributed by atoms with van der Waals surface area (Å²) < 4.78 is 0. The van der Waals surface area contributed by atoms with Crippen LogP contribution in [0.25, 0.3) is 0 Å². The van der Waals surface area contributed by atoms with Crippen molar-refractivity contribution in [3.63, 3.8) is 0 Å². The van der Waals surface area contributed by atoms with E-state index in [2.05, 4.69) is 37.8 Å². The molecule has 0 radical (unpaired) electrons. The zero-order chi connectivity index (χ0) is 15.0. The fraction of sp³-hybridized carbons (Fsp3) is 0.684. The van der Waals surface area contributed by atoms with Gasteiger partial charge in [0.15, 0.2) is 0 Å². The molecule has 1 aromatic carbocycles. The molecule has 0 bridgehead atoms. The molecule has 0 aromatic heterocycles. The van der Waals surface area contributed by atoms with Crippen LogP contribution in [0.4, 0.5) is 0 Å². The molecule has 1 saturated heterocycles. The van der Waals surface area contributed by atoms with Crippen molar-refractivity contribution in [3.05, 3.63) is 34.4 Å². The number of nitrogens with zero attached hydrogens (tertiary/aromatic N) is 1. The standard InChI is InChI=1S/C19H29NO/c1-13-10-14(2)19(15(3)11-13)18(21)12-20-9-8-16-6-4-5-7-17(16)20/h10-11,16-18,21H,4-9,12H2,1-3H3. The Bertz CT molecular complexity index is 487. The van der Waals surface area contributed by atoms with Crippen LogP contribution in [0.3, 0.4) is 0 Å². The molecule has 1 aliphatic heterocycles. The van der Waals surface area contributed by atoms with Crippen LogP contribution in [-0.2, 0) is 0 Å². The average molecular weight is 287 g/mol. The Morgan fingerprint density at radius 2 is 1.76 bits per heavy atom. The Kier molecular flexibility index (Phi) is 4.37. The molecule has 3 atom stereocenters. The molecule has 3 unspecified atom stereocenters. The molecular weight excluding hydrogens is 258 g/mol. The largest absolute Gasteiger partial charge is 0.387 e. The molecule has 1 saturated carbocycles. The summed E-state index contributed by atoms with van der Waals surface area (Å²) >= 11 is 0. The minimum atomic E-state index is -0.341. The predicted octanol–water partition coefficient (Wildman–Crippen LogP) is 3.91. The molecule has 1 aliphatic carbocycles. The van der Waals surface area contributed by atoms with Gasteiger partial charge in [0.2, 0.25) is 0 Å². The number of hydrogen-bond acceptors (Lipinski definition) is 2. The van der Waals surface area contributed by atoms with Gasteiger partial charge in [-0.1, -0.05) is 30.5 Å². The Morgan fingerprint density at radius 1 is 1.10 bits per heavy atom. The number of aliphatic hydroxyl groups excluding tert-OH is 1. The van der Waals surface area contributed by atoms with Crippen LogP contribution >= 0.6 is 0 Å². The van der Waals surface area contributed by atoms with Crippen molar-refractivity contribution in [2.75, 3.05) is 13.1 Å². The van der Waals surface area contributed by atoms with Crippen molar-refractivity contribution in [1.29, 1.82) is 0 Å². The van der Waals surface area contributed by atoms with Crippen LogP contribution in [0.1, 0.15) is 60.5 Å². The van der Waals surface area contributed by atoms with Crippen molar-refractivity contribution >= 4 is 0 Å². The summed E-state index contributed by atoms with van der Waals surface area (Å²) in [6.07, 6.45) is 6.52. The number of β-amino-alcohol motifs (C(OH)–C–C–N with tert-alkyl or cyclic N) is 1. The highest BCUT2D eigenvalue weighted by atomic mass is 16.3. The van der Waals surface area contributed by atoms with Gasteiger partial charge >= 0.3 is 0 Å². The first kappa shape index (κ1) is 15.1. The first-order valence-electron chi connectivity index (χ1n) is 8.56. The number of likely N-dealkylation sites (tertiary alicyclic amines) is 1. The minimum Gasteiger partial charge on any atom is -0.387 e. The molecule has 0 amide bonds. The molecule has 2 aliphatic rings. The molecule has 2 fully saturated rings. The van der Waals surface area contributed by atoms with E-state index in [0.717, 1.165) is 24.1 Å². The van der Waals surface area contributed by atoms with Gasteiger partial charge in [-0.3, -0.25) is 4.90 Å². The fourth-order valence-corrected chi connectivity index (χ4v) is 4.76. The lowest BCUT2D eigenvalue weighted by molar-refractivity contribution is 0.0886. The van der Waals surface area contributed by atoms with Crippen LogP contribution in [-0.4, -0.2) is 29.1 Å². The molecule has 1 aromatic rings. The minimum absolute atomic E-state index is 0.341. The van der Waals surface area contributed by atoms with Gasteiger partial charge in [0.1, 0.15) is 0 Å². The Hall–Kier alpha value is -0.860. The van der Waals surface area contributed by atoms with Crippen molar-refractivity contribution in [3.8, 4) is 0 Å². The van der Waals surface area contributed by atoms with Crippen LogP contribution in [0.5, 0.6) is 0 Å². The lowest BCUT2D eigenvalue weighted by Gasteiger charge is -2.33. The third-order valence-corrected chi connectivity index (χ3v) is 5.60. The highest BCUT2D eigenvalue weighted by molar-refractivity contribution is 5.39. The molecule has 1 N–H and O–H groups in total. The molecular formula is C19H29NO. The zero-order valence-electron chi connectivity index (χ0n) is 13.7.